The van der Waals surface area contributed by atoms with E-state index in [0.29, 0.717) is 42.0 Å². The Bertz CT molecular complexity index is 1230. The number of hydrogen-bond donors (Lipinski definition) is 1. The molecule has 35 heavy (non-hydrogen) atoms. The predicted octanol–water partition coefficient (Wildman–Crippen LogP) is 5.37. The van der Waals surface area contributed by atoms with Gasteiger partial charge in [-0.05, 0) is 55.3 Å². The highest BCUT2D eigenvalue weighted by Gasteiger charge is 2.15. The van der Waals surface area contributed by atoms with Crippen molar-refractivity contribution in [3.05, 3.63) is 64.2 Å². The Morgan fingerprint density at radius 3 is 2.60 bits per heavy atom. The minimum atomic E-state index is -0.550. The highest BCUT2D eigenvalue weighted by atomic mass is 32.1. The minimum Gasteiger partial charge on any atom is -0.490 e. The number of nitriles is 1. The van der Waals surface area contributed by atoms with Crippen LogP contribution < -0.4 is 19.5 Å². The summed E-state index contributed by atoms with van der Waals surface area (Å²) in [6.07, 6.45) is 1.49. The molecular formula is C26H28N4O4S. The molecule has 0 unspecified atom stereocenters. The lowest BCUT2D eigenvalue weighted by molar-refractivity contribution is -0.112. The van der Waals surface area contributed by atoms with Gasteiger partial charge < -0.3 is 14.2 Å². The van der Waals surface area contributed by atoms with Gasteiger partial charge in [0.25, 0.3) is 5.91 Å². The first-order valence-corrected chi connectivity index (χ1v) is 12.1. The fraction of sp³-hybridized carbons (Fsp3) is 0.308. The van der Waals surface area contributed by atoms with E-state index in [1.165, 1.54) is 17.4 Å². The van der Waals surface area contributed by atoms with Crippen molar-refractivity contribution in [3.63, 3.8) is 0 Å². The summed E-state index contributed by atoms with van der Waals surface area (Å²) in [5, 5.41) is 21.3. The van der Waals surface area contributed by atoms with E-state index in [4.69, 9.17) is 14.2 Å². The van der Waals surface area contributed by atoms with E-state index in [-0.39, 0.29) is 11.5 Å². The van der Waals surface area contributed by atoms with Crippen LogP contribution in [-0.2, 0) is 4.79 Å². The van der Waals surface area contributed by atoms with Crippen LogP contribution in [0.4, 0.5) is 5.13 Å². The van der Waals surface area contributed by atoms with Gasteiger partial charge in [-0.15, -0.1) is 10.2 Å². The molecule has 0 aliphatic heterocycles. The second-order valence-corrected chi connectivity index (χ2v) is 8.89. The number of ether oxygens (including phenoxy) is 3. The molecule has 182 valence electrons. The van der Waals surface area contributed by atoms with Crippen LogP contribution >= 0.6 is 11.3 Å². The predicted molar refractivity (Wildman–Crippen MR) is 136 cm³/mol. The van der Waals surface area contributed by atoms with Crippen molar-refractivity contribution in [3.8, 4) is 23.3 Å². The molecule has 0 aliphatic rings. The first kappa shape index (κ1) is 25.7. The molecule has 8 nitrogen and oxygen atoms in total. The molecule has 9 heteroatoms. The number of nitrogens with zero attached hydrogens (tertiary/aromatic N) is 3. The molecule has 1 amide bonds. The number of nitrogens with one attached hydrogen (secondary N) is 1. The van der Waals surface area contributed by atoms with Gasteiger partial charge >= 0.3 is 0 Å². The van der Waals surface area contributed by atoms with Gasteiger partial charge in [-0.2, -0.15) is 5.26 Å². The molecule has 2 aromatic carbocycles. The average molecular weight is 493 g/mol. The second kappa shape index (κ2) is 12.5. The van der Waals surface area contributed by atoms with E-state index in [9.17, 15) is 10.1 Å². The number of carbonyl (C=O) groups is 1. The van der Waals surface area contributed by atoms with Gasteiger partial charge in [-0.3, -0.25) is 10.1 Å². The van der Waals surface area contributed by atoms with Crippen molar-refractivity contribution in [2.24, 2.45) is 0 Å². The Labute approximate surface area is 209 Å². The van der Waals surface area contributed by atoms with Crippen molar-refractivity contribution >= 4 is 28.5 Å². The Morgan fingerprint density at radius 1 is 1.11 bits per heavy atom. The highest BCUT2D eigenvalue weighted by molar-refractivity contribution is 7.15. The molecule has 1 heterocycles. The van der Waals surface area contributed by atoms with Crippen molar-refractivity contribution in [1.29, 1.82) is 5.26 Å². The quantitative estimate of drug-likeness (QED) is 0.218. The summed E-state index contributed by atoms with van der Waals surface area (Å²) < 4.78 is 17.3. The molecule has 0 spiro atoms. The molecule has 0 aliphatic carbocycles. The topological polar surface area (TPSA) is 106 Å². The Hall–Kier alpha value is -3.90. The van der Waals surface area contributed by atoms with Crippen LogP contribution in [0.1, 0.15) is 42.8 Å². The summed E-state index contributed by atoms with van der Waals surface area (Å²) in [5.74, 6) is 1.51. The second-order valence-electron chi connectivity index (χ2n) is 7.88. The normalized spacial score (nSPS) is 11.1. The van der Waals surface area contributed by atoms with Crippen LogP contribution in [0.15, 0.2) is 48.0 Å². The molecule has 1 N–H and O–H groups in total. The van der Waals surface area contributed by atoms with Gasteiger partial charge in [0.05, 0.1) is 6.61 Å². The first-order chi connectivity index (χ1) is 16.9. The van der Waals surface area contributed by atoms with Gasteiger partial charge in [0, 0.05) is 5.92 Å². The van der Waals surface area contributed by atoms with Crippen molar-refractivity contribution in [2.45, 2.75) is 33.6 Å². The largest absolute Gasteiger partial charge is 0.490 e. The molecule has 3 rings (SSSR count). The number of aromatic nitrogens is 2. The zero-order valence-electron chi connectivity index (χ0n) is 20.2. The van der Waals surface area contributed by atoms with Gasteiger partial charge in [0.15, 0.2) is 11.5 Å². The Balaban J connectivity index is 1.66. The lowest BCUT2D eigenvalue weighted by Gasteiger charge is -2.13. The number of rotatable bonds is 11. The maximum Gasteiger partial charge on any atom is 0.268 e. The lowest BCUT2D eigenvalue weighted by Crippen LogP contribution is -2.13. The highest BCUT2D eigenvalue weighted by Crippen LogP contribution is 2.30. The SMILES string of the molecule is CCOc1cc(C=C(C#N)C(=O)Nc2nnc(C(C)C)s2)ccc1OCCOc1cccc(C)c1. The summed E-state index contributed by atoms with van der Waals surface area (Å²) in [7, 11) is 0. The van der Waals surface area contributed by atoms with Crippen molar-refractivity contribution in [1.82, 2.24) is 10.2 Å². The van der Waals surface area contributed by atoms with Crippen molar-refractivity contribution < 1.29 is 19.0 Å². The number of hydrogen-bond acceptors (Lipinski definition) is 8. The third kappa shape index (κ3) is 7.55. The van der Waals surface area contributed by atoms with E-state index in [0.717, 1.165) is 16.3 Å². The van der Waals surface area contributed by atoms with E-state index >= 15 is 0 Å². The fourth-order valence-electron chi connectivity index (χ4n) is 3.02. The molecule has 0 fully saturated rings. The molecule has 0 saturated carbocycles. The number of benzene rings is 2. The monoisotopic (exact) mass is 492 g/mol. The number of carbonyl (C=O) groups excluding carboxylic acids is 1. The summed E-state index contributed by atoms with van der Waals surface area (Å²) in [6.45, 7) is 9.00. The number of anilines is 1. The van der Waals surface area contributed by atoms with Crippen LogP contribution in [-0.4, -0.2) is 35.9 Å². The zero-order valence-corrected chi connectivity index (χ0v) is 21.0. The molecule has 0 radical (unpaired) electrons. The Kier molecular flexibility index (Phi) is 9.21. The summed E-state index contributed by atoms with van der Waals surface area (Å²) >= 11 is 1.29. The van der Waals surface area contributed by atoms with Crippen LogP contribution in [0.3, 0.4) is 0 Å². The summed E-state index contributed by atoms with van der Waals surface area (Å²) in [5.41, 5.74) is 1.69. The van der Waals surface area contributed by atoms with Crippen LogP contribution in [0.5, 0.6) is 17.2 Å². The smallest absolute Gasteiger partial charge is 0.268 e. The van der Waals surface area contributed by atoms with Gasteiger partial charge in [-0.25, -0.2) is 0 Å². The Morgan fingerprint density at radius 2 is 1.91 bits per heavy atom. The summed E-state index contributed by atoms with van der Waals surface area (Å²) in [4.78, 5) is 12.6. The van der Waals surface area contributed by atoms with Crippen LogP contribution in [0, 0.1) is 18.3 Å². The lowest BCUT2D eigenvalue weighted by atomic mass is 10.1. The maximum absolute atomic E-state index is 12.6. The summed E-state index contributed by atoms with van der Waals surface area (Å²) in [6, 6.07) is 15.0. The van der Waals surface area contributed by atoms with E-state index < -0.39 is 5.91 Å². The van der Waals surface area contributed by atoms with E-state index in [1.54, 1.807) is 18.2 Å². The third-order valence-electron chi connectivity index (χ3n) is 4.70. The third-order valence-corrected chi connectivity index (χ3v) is 5.84. The average Bonchev–Trinajstić information content (AvgIpc) is 3.30. The zero-order chi connectivity index (χ0) is 25.2. The van der Waals surface area contributed by atoms with Gasteiger partial charge in [0.1, 0.15) is 35.6 Å². The molecule has 0 saturated heterocycles. The van der Waals surface area contributed by atoms with Crippen LogP contribution in [0.2, 0.25) is 0 Å². The molecule has 0 atom stereocenters. The number of aryl methyl sites for hydroxylation is 1. The molecule has 0 bridgehead atoms. The molecule has 1 aromatic heterocycles. The fourth-order valence-corrected chi connectivity index (χ4v) is 3.76. The van der Waals surface area contributed by atoms with Crippen LogP contribution in [0.25, 0.3) is 6.08 Å². The molecule has 3 aromatic rings. The number of amides is 1. The minimum absolute atomic E-state index is 0.0611. The van der Waals surface area contributed by atoms with E-state index in [2.05, 4.69) is 15.5 Å². The van der Waals surface area contributed by atoms with E-state index in [1.807, 2.05) is 58.0 Å². The van der Waals surface area contributed by atoms with Gasteiger partial charge in [-0.1, -0.05) is 43.4 Å². The standard InChI is InChI=1S/C26H28N4O4S/c1-5-32-23-15-19(9-10-22(23)34-12-11-33-21-8-6-7-18(4)13-21)14-20(16-27)24(31)28-26-30-29-25(35-26)17(2)3/h6-10,13-15,17H,5,11-12H2,1-4H3,(H,28,30,31). The van der Waals surface area contributed by atoms with Crippen molar-refractivity contribution in [2.75, 3.05) is 25.1 Å². The van der Waals surface area contributed by atoms with Gasteiger partial charge in [0.2, 0.25) is 5.13 Å². The maximum atomic E-state index is 12.6. The first-order valence-electron chi connectivity index (χ1n) is 11.2. The molecular weight excluding hydrogens is 464 g/mol.